The van der Waals surface area contributed by atoms with E-state index in [9.17, 15) is 0 Å². The number of hydrogen-bond donors (Lipinski definition) is 0. The van der Waals surface area contributed by atoms with Crippen molar-refractivity contribution in [2.45, 2.75) is 10.8 Å². The Morgan fingerprint density at radius 1 is 0.345 bits per heavy atom. The molecule has 1 aliphatic heterocycles. The SMILES string of the molecule is Clc1cccc(-c2cc(-c3ccc4c(c3)C3(c5ccccc5O4)c4ccccc4C4(c5ccccc5-c5ccccc54)c4ccccc43)nc(-c3ccccc3)n2)c1. The first-order valence-electron chi connectivity index (χ1n) is 19.7. The number of rotatable bonds is 3. The Morgan fingerprint density at radius 2 is 0.810 bits per heavy atom. The molecule has 0 unspecified atom stereocenters. The molecule has 2 aliphatic carbocycles. The average molecular weight is 761 g/mol. The summed E-state index contributed by atoms with van der Waals surface area (Å²) < 4.78 is 6.91. The zero-order chi connectivity index (χ0) is 38.4. The molecule has 0 radical (unpaired) electrons. The van der Waals surface area contributed by atoms with Crippen LogP contribution in [-0.2, 0) is 10.8 Å². The molecule has 4 heteroatoms. The fourth-order valence-electron chi connectivity index (χ4n) is 10.3. The molecule has 0 amide bonds. The van der Waals surface area contributed by atoms with Crippen LogP contribution in [0.15, 0.2) is 200 Å². The van der Waals surface area contributed by atoms with Gasteiger partial charge in [0, 0.05) is 32.8 Å². The van der Waals surface area contributed by atoms with E-state index in [1.807, 2.05) is 42.5 Å². The maximum atomic E-state index is 6.91. The van der Waals surface area contributed by atoms with E-state index in [2.05, 4.69) is 158 Å². The molecule has 272 valence electrons. The first-order chi connectivity index (χ1) is 28.7. The summed E-state index contributed by atoms with van der Waals surface area (Å²) in [4.78, 5) is 10.3. The van der Waals surface area contributed by atoms with Crippen molar-refractivity contribution in [1.29, 1.82) is 0 Å². The lowest BCUT2D eigenvalue weighted by atomic mass is 9.51. The lowest BCUT2D eigenvalue weighted by molar-refractivity contribution is 0.429. The number of halogens is 1. The van der Waals surface area contributed by atoms with Gasteiger partial charge in [-0.15, -0.1) is 0 Å². The molecular weight excluding hydrogens is 728 g/mol. The zero-order valence-corrected chi connectivity index (χ0v) is 32.0. The highest BCUT2D eigenvalue weighted by Gasteiger charge is 2.58. The van der Waals surface area contributed by atoms with Gasteiger partial charge in [-0.2, -0.15) is 0 Å². The number of aromatic nitrogens is 2. The van der Waals surface area contributed by atoms with E-state index in [-0.39, 0.29) is 0 Å². The van der Waals surface area contributed by atoms with Gasteiger partial charge in [-0.25, -0.2) is 9.97 Å². The van der Waals surface area contributed by atoms with E-state index < -0.39 is 10.8 Å². The molecule has 1 aromatic heterocycles. The maximum Gasteiger partial charge on any atom is 0.160 e. The number of ether oxygens (including phenoxy) is 1. The van der Waals surface area contributed by atoms with E-state index in [1.165, 1.54) is 44.5 Å². The van der Waals surface area contributed by atoms with E-state index in [1.54, 1.807) is 0 Å². The van der Waals surface area contributed by atoms with E-state index in [0.717, 1.165) is 50.7 Å². The predicted octanol–water partition coefficient (Wildman–Crippen LogP) is 13.3. The maximum absolute atomic E-state index is 6.91. The monoisotopic (exact) mass is 760 g/mol. The lowest BCUT2D eigenvalue weighted by Crippen LogP contribution is -2.45. The molecule has 58 heavy (non-hydrogen) atoms. The Kier molecular flexibility index (Phi) is 7.11. The van der Waals surface area contributed by atoms with Crippen LogP contribution in [0.2, 0.25) is 5.02 Å². The molecule has 0 atom stereocenters. The highest BCUT2D eigenvalue weighted by molar-refractivity contribution is 6.30. The average Bonchev–Trinajstić information content (AvgIpc) is 3.58. The Hall–Kier alpha value is -7.07. The summed E-state index contributed by atoms with van der Waals surface area (Å²) in [5.41, 5.74) is 15.6. The van der Waals surface area contributed by atoms with Crippen LogP contribution in [0.5, 0.6) is 11.5 Å². The Labute approximate surface area is 341 Å². The molecule has 3 aliphatic rings. The second-order valence-electron chi connectivity index (χ2n) is 15.3. The highest BCUT2D eigenvalue weighted by Crippen LogP contribution is 2.67. The van der Waals surface area contributed by atoms with Crippen LogP contribution in [0.3, 0.4) is 0 Å². The Bertz CT molecular complexity index is 3040. The summed E-state index contributed by atoms with van der Waals surface area (Å²) >= 11 is 6.54. The van der Waals surface area contributed by atoms with Crippen molar-refractivity contribution in [3.63, 3.8) is 0 Å². The van der Waals surface area contributed by atoms with Crippen molar-refractivity contribution < 1.29 is 4.74 Å². The normalized spacial score (nSPS) is 14.4. The van der Waals surface area contributed by atoms with Gasteiger partial charge in [-0.05, 0) is 87.0 Å². The summed E-state index contributed by atoms with van der Waals surface area (Å²) in [5.74, 6) is 2.32. The minimum atomic E-state index is -0.726. The van der Waals surface area contributed by atoms with Crippen molar-refractivity contribution in [2.24, 2.45) is 0 Å². The van der Waals surface area contributed by atoms with Crippen LogP contribution < -0.4 is 4.74 Å². The van der Waals surface area contributed by atoms with Crippen molar-refractivity contribution in [1.82, 2.24) is 9.97 Å². The van der Waals surface area contributed by atoms with Gasteiger partial charge in [-0.1, -0.05) is 169 Å². The lowest BCUT2D eigenvalue weighted by Gasteiger charge is -2.51. The van der Waals surface area contributed by atoms with Gasteiger partial charge in [0.15, 0.2) is 5.82 Å². The van der Waals surface area contributed by atoms with Crippen molar-refractivity contribution in [2.75, 3.05) is 0 Å². The molecule has 2 heterocycles. The third-order valence-electron chi connectivity index (χ3n) is 12.5. The third-order valence-corrected chi connectivity index (χ3v) is 12.7. The topological polar surface area (TPSA) is 35.0 Å². The number of nitrogens with zero attached hydrogens (tertiary/aromatic N) is 2. The van der Waals surface area contributed by atoms with Crippen molar-refractivity contribution >= 4 is 11.6 Å². The van der Waals surface area contributed by atoms with Gasteiger partial charge in [0.05, 0.1) is 22.2 Å². The molecule has 9 aromatic rings. The van der Waals surface area contributed by atoms with Crippen LogP contribution in [0.25, 0.3) is 45.0 Å². The molecule has 3 nitrogen and oxygen atoms in total. The van der Waals surface area contributed by atoms with Crippen LogP contribution in [0, 0.1) is 0 Å². The zero-order valence-electron chi connectivity index (χ0n) is 31.2. The van der Waals surface area contributed by atoms with E-state index in [0.29, 0.717) is 10.8 Å². The quantitative estimate of drug-likeness (QED) is 0.180. The summed E-state index contributed by atoms with van der Waals surface area (Å²) in [6.07, 6.45) is 0. The van der Waals surface area contributed by atoms with Crippen LogP contribution in [0.1, 0.15) is 44.5 Å². The molecule has 0 N–H and O–H groups in total. The van der Waals surface area contributed by atoms with Crippen molar-refractivity contribution in [3.8, 4) is 56.5 Å². The number of hydrogen-bond acceptors (Lipinski definition) is 3. The van der Waals surface area contributed by atoms with Gasteiger partial charge in [0.1, 0.15) is 11.5 Å². The third kappa shape index (κ3) is 4.45. The minimum Gasteiger partial charge on any atom is -0.457 e. The van der Waals surface area contributed by atoms with E-state index >= 15 is 0 Å². The molecular formula is C54H33ClN2O. The fourth-order valence-corrected chi connectivity index (χ4v) is 10.5. The molecule has 0 saturated carbocycles. The predicted molar refractivity (Wildman–Crippen MR) is 233 cm³/mol. The smallest absolute Gasteiger partial charge is 0.160 e. The van der Waals surface area contributed by atoms with Gasteiger partial charge in [0.2, 0.25) is 0 Å². The molecule has 0 fully saturated rings. The first-order valence-corrected chi connectivity index (χ1v) is 20.1. The molecule has 2 spiro atoms. The second-order valence-corrected chi connectivity index (χ2v) is 15.8. The summed E-state index contributed by atoms with van der Waals surface area (Å²) in [5, 5.41) is 0.658. The number of benzene rings is 8. The minimum absolute atomic E-state index is 0.528. The first kappa shape index (κ1) is 33.1. The van der Waals surface area contributed by atoms with Crippen LogP contribution in [-0.4, -0.2) is 9.97 Å². The largest absolute Gasteiger partial charge is 0.457 e. The summed E-state index contributed by atoms with van der Waals surface area (Å²) in [6.45, 7) is 0. The molecule has 12 rings (SSSR count). The number of fused-ring (bicyclic) bond motifs is 15. The molecule has 0 bridgehead atoms. The standard InChI is InChI=1S/C54H33ClN2O/c55-37-18-14-17-35(31-37)48-33-49(57-52(56-48)34-15-2-1-3-16-34)36-29-30-51-47(32-36)54(46-27-12-13-28-50(46)58-51)44-25-10-8-23-42(44)53(43-24-9-11-26-45(43)54)40-21-6-4-19-38(40)39-20-5-7-22-41(39)53/h1-33H. The Balaban J connectivity index is 1.17. The Morgan fingerprint density at radius 3 is 1.41 bits per heavy atom. The van der Waals surface area contributed by atoms with Crippen LogP contribution in [0.4, 0.5) is 0 Å². The summed E-state index contributed by atoms with van der Waals surface area (Å²) in [6, 6.07) is 71.4. The number of para-hydroxylation sites is 1. The van der Waals surface area contributed by atoms with Crippen molar-refractivity contribution in [3.05, 3.63) is 250 Å². The van der Waals surface area contributed by atoms with E-state index in [4.69, 9.17) is 26.3 Å². The van der Waals surface area contributed by atoms with Gasteiger partial charge < -0.3 is 4.74 Å². The second kappa shape index (κ2) is 12.5. The van der Waals surface area contributed by atoms with Crippen LogP contribution >= 0.6 is 11.6 Å². The van der Waals surface area contributed by atoms with Gasteiger partial charge >= 0.3 is 0 Å². The summed E-state index contributed by atoms with van der Waals surface area (Å²) in [7, 11) is 0. The van der Waals surface area contributed by atoms with Gasteiger partial charge in [-0.3, -0.25) is 0 Å². The highest BCUT2D eigenvalue weighted by atomic mass is 35.5. The molecule has 8 aromatic carbocycles. The fraction of sp³-hybridized carbons (Fsp3) is 0.0370. The van der Waals surface area contributed by atoms with Gasteiger partial charge in [0.25, 0.3) is 0 Å². The molecule has 0 saturated heterocycles.